The van der Waals surface area contributed by atoms with E-state index in [-0.39, 0.29) is 17.3 Å². The van der Waals surface area contributed by atoms with Crippen LogP contribution in [0.1, 0.15) is 40.4 Å². The normalized spacial score (nSPS) is 10.6. The minimum absolute atomic E-state index is 0.0533. The smallest absolute Gasteiger partial charge is 0.162 e. The number of hydrogen-bond donors (Lipinski definition) is 2. The first kappa shape index (κ1) is 15.1. The third-order valence-electron chi connectivity index (χ3n) is 3.77. The van der Waals surface area contributed by atoms with Crippen LogP contribution in [0.2, 0.25) is 0 Å². The zero-order valence-electron chi connectivity index (χ0n) is 12.4. The van der Waals surface area contributed by atoms with E-state index in [4.69, 9.17) is 0 Å². The van der Waals surface area contributed by atoms with E-state index in [1.54, 1.807) is 6.92 Å². The van der Waals surface area contributed by atoms with E-state index in [0.29, 0.717) is 12.0 Å². The lowest BCUT2D eigenvalue weighted by Gasteiger charge is -2.09. The lowest BCUT2D eigenvalue weighted by molar-refractivity contribution is 0.0988. The molecule has 0 saturated carbocycles. The SMILES string of the molecule is CCC(=O)c1cccc(CCc2ccc(O)c(O)c2C)c1. The van der Waals surface area contributed by atoms with Gasteiger partial charge in [-0.25, -0.2) is 0 Å². The topological polar surface area (TPSA) is 57.5 Å². The fourth-order valence-electron chi connectivity index (χ4n) is 2.38. The Morgan fingerprint density at radius 2 is 1.86 bits per heavy atom. The first-order chi connectivity index (χ1) is 10.0. The van der Waals surface area contributed by atoms with Gasteiger partial charge in [-0.2, -0.15) is 0 Å². The predicted molar refractivity (Wildman–Crippen MR) is 83.0 cm³/mol. The molecule has 0 radical (unpaired) electrons. The van der Waals surface area contributed by atoms with E-state index in [1.807, 2.05) is 37.3 Å². The first-order valence-corrected chi connectivity index (χ1v) is 7.15. The summed E-state index contributed by atoms with van der Waals surface area (Å²) in [4.78, 5) is 11.7. The highest BCUT2D eigenvalue weighted by Crippen LogP contribution is 2.31. The monoisotopic (exact) mass is 284 g/mol. The van der Waals surface area contributed by atoms with Crippen molar-refractivity contribution in [2.75, 3.05) is 0 Å². The number of hydrogen-bond acceptors (Lipinski definition) is 3. The maximum absolute atomic E-state index is 11.7. The molecule has 3 nitrogen and oxygen atoms in total. The first-order valence-electron chi connectivity index (χ1n) is 7.15. The van der Waals surface area contributed by atoms with Gasteiger partial charge >= 0.3 is 0 Å². The van der Waals surface area contributed by atoms with Gasteiger partial charge in [-0.15, -0.1) is 0 Å². The number of Topliss-reactive ketones (excluding diaryl/α,β-unsaturated/α-hetero) is 1. The van der Waals surface area contributed by atoms with Gasteiger partial charge < -0.3 is 10.2 Å². The van der Waals surface area contributed by atoms with Gasteiger partial charge in [-0.1, -0.05) is 31.2 Å². The molecular weight excluding hydrogens is 264 g/mol. The lowest BCUT2D eigenvalue weighted by Crippen LogP contribution is -1.99. The number of rotatable bonds is 5. The molecule has 0 heterocycles. The highest BCUT2D eigenvalue weighted by atomic mass is 16.3. The highest BCUT2D eigenvalue weighted by molar-refractivity contribution is 5.95. The molecule has 0 amide bonds. The average Bonchev–Trinajstić information content (AvgIpc) is 2.51. The second-order valence-corrected chi connectivity index (χ2v) is 5.19. The predicted octanol–water partition coefficient (Wildman–Crippen LogP) is 3.78. The van der Waals surface area contributed by atoms with Crippen LogP contribution in [0.3, 0.4) is 0 Å². The van der Waals surface area contributed by atoms with E-state index in [9.17, 15) is 15.0 Å². The largest absolute Gasteiger partial charge is 0.504 e. The molecule has 2 N–H and O–H groups in total. The van der Waals surface area contributed by atoms with Gasteiger partial charge in [0.2, 0.25) is 0 Å². The summed E-state index contributed by atoms with van der Waals surface area (Å²) in [6.45, 7) is 3.65. The molecule has 21 heavy (non-hydrogen) atoms. The van der Waals surface area contributed by atoms with Crippen LogP contribution in [0.5, 0.6) is 11.5 Å². The van der Waals surface area contributed by atoms with Gasteiger partial charge in [0.05, 0.1) is 0 Å². The third-order valence-corrected chi connectivity index (χ3v) is 3.77. The molecule has 0 aliphatic rings. The molecule has 3 heteroatoms. The van der Waals surface area contributed by atoms with Crippen LogP contribution in [-0.4, -0.2) is 16.0 Å². The molecule has 2 aromatic carbocycles. The zero-order chi connectivity index (χ0) is 15.4. The summed E-state index contributed by atoms with van der Waals surface area (Å²) in [6.07, 6.45) is 2.05. The van der Waals surface area contributed by atoms with Crippen molar-refractivity contribution >= 4 is 5.78 Å². The number of benzene rings is 2. The third kappa shape index (κ3) is 3.43. The summed E-state index contributed by atoms with van der Waals surface area (Å²) in [5, 5.41) is 19.2. The number of phenols is 2. The Kier molecular flexibility index (Phi) is 4.63. The van der Waals surface area contributed by atoms with Crippen molar-refractivity contribution in [1.82, 2.24) is 0 Å². The zero-order valence-corrected chi connectivity index (χ0v) is 12.4. The number of carbonyl (C=O) groups is 1. The van der Waals surface area contributed by atoms with Crippen molar-refractivity contribution in [2.45, 2.75) is 33.1 Å². The van der Waals surface area contributed by atoms with Crippen LogP contribution >= 0.6 is 0 Å². The Balaban J connectivity index is 2.14. The summed E-state index contributed by atoms with van der Waals surface area (Å²) in [5.41, 5.74) is 3.55. The number of carbonyl (C=O) groups excluding carboxylic acids is 1. The second-order valence-electron chi connectivity index (χ2n) is 5.19. The fourth-order valence-corrected chi connectivity index (χ4v) is 2.38. The molecule has 0 bridgehead atoms. The number of aryl methyl sites for hydroxylation is 2. The summed E-state index contributed by atoms with van der Waals surface area (Å²) in [6, 6.07) is 11.0. The van der Waals surface area contributed by atoms with Gasteiger partial charge in [0.25, 0.3) is 0 Å². The fraction of sp³-hybridized carbons (Fsp3) is 0.278. The van der Waals surface area contributed by atoms with Gasteiger partial charge in [0.15, 0.2) is 17.3 Å². The molecule has 110 valence electrons. The molecule has 0 aliphatic heterocycles. The minimum Gasteiger partial charge on any atom is -0.504 e. The van der Waals surface area contributed by atoms with Crippen LogP contribution in [0.4, 0.5) is 0 Å². The van der Waals surface area contributed by atoms with Gasteiger partial charge in [0.1, 0.15) is 0 Å². The van der Waals surface area contributed by atoms with Crippen molar-refractivity contribution in [2.24, 2.45) is 0 Å². The van der Waals surface area contributed by atoms with E-state index < -0.39 is 0 Å². The van der Waals surface area contributed by atoms with Crippen LogP contribution < -0.4 is 0 Å². The second kappa shape index (κ2) is 6.44. The van der Waals surface area contributed by atoms with Crippen molar-refractivity contribution in [3.05, 3.63) is 58.7 Å². The summed E-state index contributed by atoms with van der Waals surface area (Å²) in [5.74, 6) is 0.00418. The van der Waals surface area contributed by atoms with Crippen molar-refractivity contribution in [3.63, 3.8) is 0 Å². The van der Waals surface area contributed by atoms with E-state index in [1.165, 1.54) is 6.07 Å². The quantitative estimate of drug-likeness (QED) is 0.649. The Morgan fingerprint density at radius 3 is 2.57 bits per heavy atom. The van der Waals surface area contributed by atoms with E-state index in [0.717, 1.165) is 29.5 Å². The molecule has 0 atom stereocenters. The Labute approximate surface area is 124 Å². The Morgan fingerprint density at radius 1 is 1.10 bits per heavy atom. The van der Waals surface area contributed by atoms with E-state index in [2.05, 4.69) is 0 Å². The molecule has 0 fully saturated rings. The Hall–Kier alpha value is -2.29. The van der Waals surface area contributed by atoms with Crippen LogP contribution in [0.15, 0.2) is 36.4 Å². The molecule has 0 saturated heterocycles. The summed E-state index contributed by atoms with van der Waals surface area (Å²) < 4.78 is 0. The van der Waals surface area contributed by atoms with Crippen LogP contribution in [0, 0.1) is 6.92 Å². The highest BCUT2D eigenvalue weighted by Gasteiger charge is 2.09. The standard InChI is InChI=1S/C18H20O3/c1-3-16(19)15-6-4-5-13(11-15)7-8-14-9-10-17(20)18(21)12(14)2/h4-6,9-11,20-21H,3,7-8H2,1-2H3. The maximum Gasteiger partial charge on any atom is 0.162 e. The number of phenolic OH excluding ortho intramolecular Hbond substituents is 2. The molecule has 0 aliphatic carbocycles. The summed E-state index contributed by atoms with van der Waals surface area (Å²) >= 11 is 0. The van der Waals surface area contributed by atoms with Gasteiger partial charge in [-0.3, -0.25) is 4.79 Å². The van der Waals surface area contributed by atoms with E-state index >= 15 is 0 Å². The molecule has 0 unspecified atom stereocenters. The lowest BCUT2D eigenvalue weighted by atomic mass is 9.98. The molecule has 0 spiro atoms. The molecule has 2 aromatic rings. The van der Waals surface area contributed by atoms with Crippen molar-refractivity contribution < 1.29 is 15.0 Å². The van der Waals surface area contributed by atoms with Crippen LogP contribution in [0.25, 0.3) is 0 Å². The Bertz CT molecular complexity index is 660. The van der Waals surface area contributed by atoms with Crippen molar-refractivity contribution in [1.29, 1.82) is 0 Å². The summed E-state index contributed by atoms with van der Waals surface area (Å²) in [7, 11) is 0. The number of ketones is 1. The average molecular weight is 284 g/mol. The minimum atomic E-state index is -0.0909. The van der Waals surface area contributed by atoms with Gasteiger partial charge in [0, 0.05) is 12.0 Å². The maximum atomic E-state index is 11.7. The number of aromatic hydroxyl groups is 2. The molecular formula is C18H20O3. The molecule has 0 aromatic heterocycles. The van der Waals surface area contributed by atoms with Crippen molar-refractivity contribution in [3.8, 4) is 11.5 Å². The molecule has 2 rings (SSSR count). The van der Waals surface area contributed by atoms with Crippen LogP contribution in [-0.2, 0) is 12.8 Å². The van der Waals surface area contributed by atoms with Gasteiger partial charge in [-0.05, 0) is 48.6 Å².